The second kappa shape index (κ2) is 6.06. The first-order valence-electron chi connectivity index (χ1n) is 6.90. The van der Waals surface area contributed by atoms with Gasteiger partial charge in [-0.15, -0.1) is 0 Å². The highest BCUT2D eigenvalue weighted by molar-refractivity contribution is 8.03. The molecule has 0 spiro atoms. The van der Waals surface area contributed by atoms with Crippen LogP contribution >= 0.6 is 11.8 Å². The number of hydrogen-bond donors (Lipinski definition) is 1. The Morgan fingerprint density at radius 2 is 1.86 bits per heavy atom. The number of aryl methyl sites for hydroxylation is 1. The van der Waals surface area contributed by atoms with Gasteiger partial charge in [-0.25, -0.2) is 0 Å². The molecule has 0 unspecified atom stereocenters. The number of hydrogen-bond acceptors (Lipinski definition) is 2. The van der Waals surface area contributed by atoms with E-state index in [9.17, 15) is 0 Å². The molecular weight excluding hydrogens is 274 g/mol. The normalized spacial score (nSPS) is 14.6. The number of benzene rings is 2. The fourth-order valence-corrected chi connectivity index (χ4v) is 3.16. The molecule has 3 rings (SSSR count). The summed E-state index contributed by atoms with van der Waals surface area (Å²) in [7, 11) is 0. The maximum Gasteiger partial charge on any atom is 0.0459 e. The number of allylic oxidation sites excluding steroid dienone is 3. The molecule has 21 heavy (non-hydrogen) atoms. The van der Waals surface area contributed by atoms with Gasteiger partial charge >= 0.3 is 0 Å². The van der Waals surface area contributed by atoms with Crippen LogP contribution in [-0.2, 0) is 0 Å². The van der Waals surface area contributed by atoms with E-state index in [4.69, 9.17) is 0 Å². The second-order valence-corrected chi connectivity index (χ2v) is 6.13. The molecule has 0 amide bonds. The molecule has 0 aliphatic carbocycles. The highest BCUT2D eigenvalue weighted by atomic mass is 32.2. The van der Waals surface area contributed by atoms with E-state index in [0.717, 1.165) is 10.6 Å². The third kappa shape index (κ3) is 3.11. The molecule has 2 heteroatoms. The van der Waals surface area contributed by atoms with Gasteiger partial charge in [-0.05, 0) is 42.3 Å². The van der Waals surface area contributed by atoms with Crippen LogP contribution in [0.1, 0.15) is 11.1 Å². The van der Waals surface area contributed by atoms with E-state index in [-0.39, 0.29) is 0 Å². The lowest BCUT2D eigenvalue weighted by molar-refractivity contribution is 1.31. The molecule has 0 bridgehead atoms. The lowest BCUT2D eigenvalue weighted by Crippen LogP contribution is -1.98. The van der Waals surface area contributed by atoms with Crippen LogP contribution in [0.3, 0.4) is 0 Å². The van der Waals surface area contributed by atoms with Gasteiger partial charge in [-0.3, -0.25) is 0 Å². The summed E-state index contributed by atoms with van der Waals surface area (Å²) < 4.78 is 0. The van der Waals surface area contributed by atoms with Gasteiger partial charge in [0.1, 0.15) is 0 Å². The number of anilines is 1. The zero-order valence-corrected chi connectivity index (χ0v) is 12.8. The van der Waals surface area contributed by atoms with Crippen molar-refractivity contribution in [3.05, 3.63) is 89.5 Å². The number of fused-ring (bicyclic) bond motifs is 1. The molecule has 1 aliphatic heterocycles. The highest BCUT2D eigenvalue weighted by Crippen LogP contribution is 2.34. The van der Waals surface area contributed by atoms with Gasteiger partial charge in [-0.1, -0.05) is 54.7 Å². The Bertz CT molecular complexity index is 741. The quantitative estimate of drug-likeness (QED) is 0.736. The summed E-state index contributed by atoms with van der Waals surface area (Å²) in [5, 5.41) is 3.27. The first-order valence-corrected chi connectivity index (χ1v) is 7.72. The summed E-state index contributed by atoms with van der Waals surface area (Å²) in [5.41, 5.74) is 4.82. The van der Waals surface area contributed by atoms with Crippen molar-refractivity contribution in [2.24, 2.45) is 0 Å². The summed E-state index contributed by atoms with van der Waals surface area (Å²) in [4.78, 5) is 2.30. The van der Waals surface area contributed by atoms with Crippen LogP contribution in [0, 0.1) is 6.92 Å². The molecule has 0 aromatic heterocycles. The zero-order valence-electron chi connectivity index (χ0n) is 12.0. The summed E-state index contributed by atoms with van der Waals surface area (Å²) in [5.74, 6) is 0. The Balaban J connectivity index is 1.85. The minimum absolute atomic E-state index is 1.04. The summed E-state index contributed by atoms with van der Waals surface area (Å²) in [6.07, 6.45) is 6.21. The average molecular weight is 291 g/mol. The van der Waals surface area contributed by atoms with Crippen molar-refractivity contribution < 1.29 is 0 Å². The fraction of sp³-hybridized carbons (Fsp3) is 0.0526. The van der Waals surface area contributed by atoms with Gasteiger partial charge in [0.05, 0.1) is 0 Å². The molecule has 2 aromatic carbocycles. The van der Waals surface area contributed by atoms with Crippen LogP contribution in [0.2, 0.25) is 0 Å². The van der Waals surface area contributed by atoms with Crippen molar-refractivity contribution >= 4 is 23.0 Å². The third-order valence-electron chi connectivity index (χ3n) is 3.39. The van der Waals surface area contributed by atoms with E-state index < -0.39 is 0 Å². The molecule has 0 radical (unpaired) electrons. The molecule has 0 fully saturated rings. The van der Waals surface area contributed by atoms with Crippen LogP contribution in [0.25, 0.3) is 5.57 Å². The van der Waals surface area contributed by atoms with Crippen LogP contribution in [0.15, 0.2) is 83.3 Å². The Morgan fingerprint density at radius 1 is 1.10 bits per heavy atom. The predicted molar refractivity (Wildman–Crippen MR) is 93.4 cm³/mol. The van der Waals surface area contributed by atoms with Crippen molar-refractivity contribution in [2.45, 2.75) is 11.8 Å². The van der Waals surface area contributed by atoms with E-state index in [0.29, 0.717) is 0 Å². The molecular formula is C19H17NS. The molecule has 0 atom stereocenters. The van der Waals surface area contributed by atoms with Gasteiger partial charge in [0.15, 0.2) is 0 Å². The van der Waals surface area contributed by atoms with Gasteiger partial charge < -0.3 is 5.32 Å². The van der Waals surface area contributed by atoms with Crippen molar-refractivity contribution in [2.75, 3.05) is 5.32 Å². The van der Waals surface area contributed by atoms with E-state index in [1.165, 1.54) is 21.6 Å². The number of rotatable bonds is 3. The highest BCUT2D eigenvalue weighted by Gasteiger charge is 2.09. The maximum absolute atomic E-state index is 4.19. The lowest BCUT2D eigenvalue weighted by Gasteiger charge is -2.15. The summed E-state index contributed by atoms with van der Waals surface area (Å²) >= 11 is 1.71. The van der Waals surface area contributed by atoms with E-state index in [2.05, 4.69) is 73.4 Å². The van der Waals surface area contributed by atoms with E-state index >= 15 is 0 Å². The number of para-hydroxylation sites is 1. The van der Waals surface area contributed by atoms with Crippen LogP contribution < -0.4 is 5.32 Å². The van der Waals surface area contributed by atoms with E-state index in [1.54, 1.807) is 11.8 Å². The zero-order chi connectivity index (χ0) is 14.7. The summed E-state index contributed by atoms with van der Waals surface area (Å²) in [6, 6.07) is 16.7. The third-order valence-corrected chi connectivity index (χ3v) is 4.45. The van der Waals surface area contributed by atoms with E-state index in [1.807, 2.05) is 12.3 Å². The maximum atomic E-state index is 4.19. The Kier molecular flexibility index (Phi) is 3.98. The van der Waals surface area contributed by atoms with Crippen LogP contribution in [-0.4, -0.2) is 0 Å². The summed E-state index contributed by atoms with van der Waals surface area (Å²) in [6.45, 7) is 6.32. The molecule has 1 heterocycles. The van der Waals surface area contributed by atoms with Gasteiger partial charge in [0.25, 0.3) is 0 Å². The second-order valence-electron chi connectivity index (χ2n) is 4.96. The van der Waals surface area contributed by atoms with Crippen molar-refractivity contribution in [3.8, 4) is 0 Å². The molecule has 1 aliphatic rings. The lowest BCUT2D eigenvalue weighted by atomic mass is 10.0. The molecule has 0 saturated heterocycles. The average Bonchev–Trinajstić information content (AvgIpc) is 2.50. The monoisotopic (exact) mass is 291 g/mol. The Morgan fingerprint density at radius 3 is 2.71 bits per heavy atom. The minimum atomic E-state index is 1.04. The molecule has 0 saturated carbocycles. The molecule has 104 valence electrons. The predicted octanol–water partition coefficient (Wildman–Crippen LogP) is 5.62. The van der Waals surface area contributed by atoms with Gasteiger partial charge in [-0.2, -0.15) is 0 Å². The minimum Gasteiger partial charge on any atom is -0.361 e. The van der Waals surface area contributed by atoms with Crippen LogP contribution in [0.5, 0.6) is 0 Å². The fourth-order valence-electron chi connectivity index (χ4n) is 2.31. The molecule has 1 N–H and O–H groups in total. The Hall–Kier alpha value is -2.19. The van der Waals surface area contributed by atoms with Crippen LogP contribution in [0.4, 0.5) is 5.69 Å². The SMILES string of the molecule is C=C(C=C1C=CNc2ccccc21)Sc1ccccc1C. The van der Waals surface area contributed by atoms with Crippen molar-refractivity contribution in [1.82, 2.24) is 0 Å². The Labute approximate surface area is 130 Å². The largest absolute Gasteiger partial charge is 0.361 e. The first-order chi connectivity index (χ1) is 10.2. The van der Waals surface area contributed by atoms with Crippen molar-refractivity contribution in [3.63, 3.8) is 0 Å². The van der Waals surface area contributed by atoms with Crippen molar-refractivity contribution in [1.29, 1.82) is 0 Å². The smallest absolute Gasteiger partial charge is 0.0459 e. The topological polar surface area (TPSA) is 12.0 Å². The number of nitrogens with one attached hydrogen (secondary N) is 1. The van der Waals surface area contributed by atoms with Gasteiger partial charge in [0.2, 0.25) is 0 Å². The number of thioether (sulfide) groups is 1. The molecule has 1 nitrogen and oxygen atoms in total. The van der Waals surface area contributed by atoms with Gasteiger partial charge in [0, 0.05) is 27.3 Å². The standard InChI is InChI=1S/C19H17NS/c1-14-7-3-6-10-19(14)21-15(2)13-16-11-12-20-18-9-5-4-8-17(16)18/h3-13,20H,2H2,1H3. The first kappa shape index (κ1) is 13.8. The molecule has 2 aromatic rings.